The van der Waals surface area contributed by atoms with Gasteiger partial charge in [0.1, 0.15) is 5.69 Å². The normalized spacial score (nSPS) is 13.2. The number of nitro groups is 1. The van der Waals surface area contributed by atoms with Gasteiger partial charge in [0.15, 0.2) is 0 Å². The maximum absolute atomic E-state index is 12.4. The highest BCUT2D eigenvalue weighted by atomic mass is 16.6. The second kappa shape index (κ2) is 6.93. The number of anilines is 1. The van der Waals surface area contributed by atoms with Crippen LogP contribution in [0.1, 0.15) is 41.3 Å². The minimum absolute atomic E-state index is 0.0945. The van der Waals surface area contributed by atoms with E-state index in [1.165, 1.54) is 0 Å². The predicted octanol–water partition coefficient (Wildman–Crippen LogP) is 3.90. The van der Waals surface area contributed by atoms with Gasteiger partial charge in [0.05, 0.1) is 22.7 Å². The van der Waals surface area contributed by atoms with Crippen LogP contribution < -0.4 is 5.73 Å². The van der Waals surface area contributed by atoms with E-state index in [-0.39, 0.29) is 23.5 Å². The highest BCUT2D eigenvalue weighted by Crippen LogP contribution is 2.45. The predicted molar refractivity (Wildman–Crippen MR) is 95.5 cm³/mol. The highest BCUT2D eigenvalue weighted by molar-refractivity contribution is 6.03. The van der Waals surface area contributed by atoms with E-state index in [1.807, 2.05) is 30.3 Å². The Kier molecular flexibility index (Phi) is 4.70. The van der Waals surface area contributed by atoms with E-state index >= 15 is 0 Å². The SMILES string of the molecule is CCOC(=O)c1c(N)c([N+](=O)[O-])c(-c2ccccc2)c2c1CCCC2. The second-order valence-electron chi connectivity index (χ2n) is 6.02. The number of hydrogen-bond donors (Lipinski definition) is 1. The molecule has 6 nitrogen and oxygen atoms in total. The minimum Gasteiger partial charge on any atom is -0.462 e. The van der Waals surface area contributed by atoms with Gasteiger partial charge in [0.25, 0.3) is 0 Å². The molecule has 0 heterocycles. The summed E-state index contributed by atoms with van der Waals surface area (Å²) >= 11 is 0. The Morgan fingerprint density at radius 1 is 1.20 bits per heavy atom. The van der Waals surface area contributed by atoms with Crippen molar-refractivity contribution in [2.45, 2.75) is 32.6 Å². The zero-order chi connectivity index (χ0) is 18.0. The van der Waals surface area contributed by atoms with E-state index in [9.17, 15) is 14.9 Å². The lowest BCUT2D eigenvalue weighted by atomic mass is 9.81. The van der Waals surface area contributed by atoms with Crippen LogP contribution in [0.2, 0.25) is 0 Å². The molecular formula is C19H20N2O4. The minimum atomic E-state index is -0.583. The Morgan fingerprint density at radius 3 is 2.44 bits per heavy atom. The van der Waals surface area contributed by atoms with Crippen LogP contribution in [0.25, 0.3) is 11.1 Å². The van der Waals surface area contributed by atoms with Crippen molar-refractivity contribution in [2.24, 2.45) is 0 Å². The quantitative estimate of drug-likeness (QED) is 0.394. The molecule has 1 aliphatic carbocycles. The molecule has 0 unspecified atom stereocenters. The van der Waals surface area contributed by atoms with E-state index in [1.54, 1.807) is 6.92 Å². The largest absolute Gasteiger partial charge is 0.462 e. The van der Waals surface area contributed by atoms with Crippen molar-refractivity contribution >= 4 is 17.3 Å². The van der Waals surface area contributed by atoms with Crippen LogP contribution in [0.4, 0.5) is 11.4 Å². The second-order valence-corrected chi connectivity index (χ2v) is 6.02. The fourth-order valence-corrected chi connectivity index (χ4v) is 3.56. The first kappa shape index (κ1) is 17.0. The fourth-order valence-electron chi connectivity index (χ4n) is 3.56. The summed E-state index contributed by atoms with van der Waals surface area (Å²) in [5, 5.41) is 11.8. The molecule has 2 aromatic carbocycles. The smallest absolute Gasteiger partial charge is 0.340 e. The number of hydrogen-bond acceptors (Lipinski definition) is 5. The summed E-state index contributed by atoms with van der Waals surface area (Å²) in [7, 11) is 0. The molecule has 0 aromatic heterocycles. The summed E-state index contributed by atoms with van der Waals surface area (Å²) in [5.41, 5.74) is 8.94. The van der Waals surface area contributed by atoms with Crippen LogP contribution in [-0.2, 0) is 17.6 Å². The van der Waals surface area contributed by atoms with Gasteiger partial charge < -0.3 is 10.5 Å². The van der Waals surface area contributed by atoms with Crippen LogP contribution >= 0.6 is 0 Å². The summed E-state index contributed by atoms with van der Waals surface area (Å²) < 4.78 is 5.11. The zero-order valence-electron chi connectivity index (χ0n) is 14.1. The number of nitrogens with zero attached hydrogens (tertiary/aromatic N) is 1. The number of ether oxygens (including phenoxy) is 1. The van der Waals surface area contributed by atoms with Crippen molar-refractivity contribution in [3.63, 3.8) is 0 Å². The van der Waals surface area contributed by atoms with Gasteiger partial charge in [-0.15, -0.1) is 0 Å². The fraction of sp³-hybridized carbons (Fsp3) is 0.316. The number of carbonyl (C=O) groups is 1. The van der Waals surface area contributed by atoms with Gasteiger partial charge in [-0.05, 0) is 49.3 Å². The molecule has 0 fully saturated rings. The van der Waals surface area contributed by atoms with E-state index in [0.29, 0.717) is 18.4 Å². The summed E-state index contributed by atoms with van der Waals surface area (Å²) in [4.78, 5) is 23.8. The monoisotopic (exact) mass is 340 g/mol. The molecule has 0 atom stereocenters. The Morgan fingerprint density at radius 2 is 1.84 bits per heavy atom. The molecule has 0 saturated carbocycles. The van der Waals surface area contributed by atoms with Gasteiger partial charge in [-0.3, -0.25) is 10.1 Å². The van der Waals surface area contributed by atoms with Gasteiger partial charge in [0.2, 0.25) is 0 Å². The lowest BCUT2D eigenvalue weighted by molar-refractivity contribution is -0.383. The van der Waals surface area contributed by atoms with Gasteiger partial charge in [-0.25, -0.2) is 4.79 Å². The Hall–Kier alpha value is -2.89. The molecule has 25 heavy (non-hydrogen) atoms. The summed E-state index contributed by atoms with van der Waals surface area (Å²) in [6.07, 6.45) is 3.21. The number of rotatable bonds is 4. The first-order valence-corrected chi connectivity index (χ1v) is 8.40. The van der Waals surface area contributed by atoms with E-state index in [2.05, 4.69) is 0 Å². The third-order valence-electron chi connectivity index (χ3n) is 4.56. The maximum atomic E-state index is 12.4. The number of nitrogens with two attached hydrogens (primary N) is 1. The lowest BCUT2D eigenvalue weighted by Crippen LogP contribution is -2.18. The van der Waals surface area contributed by atoms with E-state index in [4.69, 9.17) is 10.5 Å². The number of esters is 1. The molecular weight excluding hydrogens is 320 g/mol. The number of nitro benzene ring substituents is 1. The lowest BCUT2D eigenvalue weighted by Gasteiger charge is -2.24. The molecule has 3 rings (SSSR count). The zero-order valence-corrected chi connectivity index (χ0v) is 14.1. The van der Waals surface area contributed by atoms with Crippen molar-refractivity contribution < 1.29 is 14.5 Å². The van der Waals surface area contributed by atoms with Gasteiger partial charge in [0, 0.05) is 0 Å². The van der Waals surface area contributed by atoms with Crippen molar-refractivity contribution in [1.29, 1.82) is 0 Å². The number of nitrogen functional groups attached to an aromatic ring is 1. The third kappa shape index (κ3) is 2.95. The van der Waals surface area contributed by atoms with Crippen molar-refractivity contribution in [3.8, 4) is 11.1 Å². The third-order valence-corrected chi connectivity index (χ3v) is 4.56. The van der Waals surface area contributed by atoms with Crippen LogP contribution in [0.5, 0.6) is 0 Å². The van der Waals surface area contributed by atoms with Crippen LogP contribution in [-0.4, -0.2) is 17.5 Å². The molecule has 1 aliphatic rings. The van der Waals surface area contributed by atoms with Crippen molar-refractivity contribution in [1.82, 2.24) is 0 Å². The first-order valence-electron chi connectivity index (χ1n) is 8.40. The topological polar surface area (TPSA) is 95.5 Å². The van der Waals surface area contributed by atoms with Gasteiger partial charge >= 0.3 is 11.7 Å². The molecule has 2 N–H and O–H groups in total. The molecule has 130 valence electrons. The summed E-state index contributed by atoms with van der Waals surface area (Å²) in [6, 6.07) is 9.20. The maximum Gasteiger partial charge on any atom is 0.340 e. The van der Waals surface area contributed by atoms with Crippen molar-refractivity contribution in [3.05, 3.63) is 57.1 Å². The molecule has 2 aromatic rings. The highest BCUT2D eigenvalue weighted by Gasteiger charge is 2.34. The standard InChI is InChI=1S/C19H20N2O4/c1-2-25-19(22)16-14-11-7-6-10-13(14)15(12-8-4-3-5-9-12)18(17(16)20)21(23)24/h3-5,8-9H,2,6-7,10-11,20H2,1H3. The molecule has 0 amide bonds. The number of carbonyl (C=O) groups excluding carboxylic acids is 1. The van der Waals surface area contributed by atoms with Crippen LogP contribution in [0.15, 0.2) is 30.3 Å². The van der Waals surface area contributed by atoms with Crippen LogP contribution in [0.3, 0.4) is 0 Å². The van der Waals surface area contributed by atoms with Crippen LogP contribution in [0, 0.1) is 10.1 Å². The summed E-state index contributed by atoms with van der Waals surface area (Å²) in [5.74, 6) is -0.583. The first-order chi connectivity index (χ1) is 12.1. The van der Waals surface area contributed by atoms with Gasteiger partial charge in [-0.1, -0.05) is 30.3 Å². The van der Waals surface area contributed by atoms with E-state index in [0.717, 1.165) is 29.5 Å². The number of benzene rings is 2. The molecule has 0 aliphatic heterocycles. The van der Waals surface area contributed by atoms with E-state index < -0.39 is 10.9 Å². The number of fused-ring (bicyclic) bond motifs is 1. The molecule has 0 radical (unpaired) electrons. The average Bonchev–Trinajstić information content (AvgIpc) is 2.61. The van der Waals surface area contributed by atoms with Gasteiger partial charge in [-0.2, -0.15) is 0 Å². The molecule has 0 spiro atoms. The van der Waals surface area contributed by atoms with Crippen molar-refractivity contribution in [2.75, 3.05) is 12.3 Å². The molecule has 6 heteroatoms. The average molecular weight is 340 g/mol. The molecule has 0 saturated heterocycles. The Balaban J connectivity index is 2.38. The summed E-state index contributed by atoms with van der Waals surface area (Å²) in [6.45, 7) is 1.90. The Bertz CT molecular complexity index is 831. The Labute approximate surface area is 145 Å². The molecule has 0 bridgehead atoms.